The third-order valence-electron chi connectivity index (χ3n) is 3.40. The molecule has 1 aromatic carbocycles. The number of carbonyl (C=O) groups excluding carboxylic acids is 1. The average molecular weight is 372 g/mol. The summed E-state index contributed by atoms with van der Waals surface area (Å²) in [5.41, 5.74) is 1.00. The fraction of sp³-hybridized carbons (Fsp3) is 0.333. The fourth-order valence-corrected chi connectivity index (χ4v) is 3.10. The van der Waals surface area contributed by atoms with E-state index in [-0.39, 0.29) is 17.7 Å². The van der Waals surface area contributed by atoms with Crippen LogP contribution in [-0.4, -0.2) is 27.4 Å². The number of benzene rings is 1. The van der Waals surface area contributed by atoms with Crippen molar-refractivity contribution in [1.29, 1.82) is 0 Å². The predicted molar refractivity (Wildman–Crippen MR) is 99.6 cm³/mol. The van der Waals surface area contributed by atoms with Gasteiger partial charge in [0.25, 0.3) is 5.91 Å². The first-order chi connectivity index (χ1) is 12.5. The summed E-state index contributed by atoms with van der Waals surface area (Å²) in [6.45, 7) is 6.01. The quantitative estimate of drug-likeness (QED) is 0.669. The second-order valence-electron chi connectivity index (χ2n) is 5.97. The number of ether oxygens (including phenoxy) is 1. The van der Waals surface area contributed by atoms with Crippen LogP contribution in [0, 0.1) is 0 Å². The van der Waals surface area contributed by atoms with Gasteiger partial charge in [-0.15, -0.1) is 10.2 Å². The number of aromatic nitrogens is 3. The number of aryl methyl sites for hydroxylation is 1. The van der Waals surface area contributed by atoms with Gasteiger partial charge in [0, 0.05) is 18.1 Å². The number of rotatable bonds is 7. The Morgan fingerprint density at radius 1 is 1.27 bits per heavy atom. The van der Waals surface area contributed by atoms with Crippen molar-refractivity contribution in [3.05, 3.63) is 41.0 Å². The summed E-state index contributed by atoms with van der Waals surface area (Å²) in [6.07, 6.45) is 1.94. The maximum Gasteiger partial charge on any atom is 0.279 e. The predicted octanol–water partition coefficient (Wildman–Crippen LogP) is 4.19. The van der Waals surface area contributed by atoms with Crippen LogP contribution in [0.15, 0.2) is 34.9 Å². The SMILES string of the molecule is CCCc1nnc(NC(=O)c2cc(-c3ccc(OC(C)C)cc3)on2)s1. The average Bonchev–Trinajstić information content (AvgIpc) is 3.25. The van der Waals surface area contributed by atoms with Crippen molar-refractivity contribution in [2.45, 2.75) is 39.7 Å². The highest BCUT2D eigenvalue weighted by atomic mass is 32.1. The van der Waals surface area contributed by atoms with E-state index >= 15 is 0 Å². The maximum atomic E-state index is 12.3. The smallest absolute Gasteiger partial charge is 0.279 e. The molecule has 0 aliphatic rings. The first-order valence-electron chi connectivity index (χ1n) is 8.42. The number of hydrogen-bond donors (Lipinski definition) is 1. The molecule has 3 aromatic rings. The fourth-order valence-electron chi connectivity index (χ4n) is 2.27. The zero-order chi connectivity index (χ0) is 18.5. The van der Waals surface area contributed by atoms with Gasteiger partial charge in [0.15, 0.2) is 11.5 Å². The van der Waals surface area contributed by atoms with Crippen LogP contribution < -0.4 is 10.1 Å². The van der Waals surface area contributed by atoms with Crippen LogP contribution in [-0.2, 0) is 6.42 Å². The number of nitrogens with zero attached hydrogens (tertiary/aromatic N) is 3. The topological polar surface area (TPSA) is 90.1 Å². The van der Waals surface area contributed by atoms with Gasteiger partial charge < -0.3 is 9.26 Å². The highest BCUT2D eigenvalue weighted by Crippen LogP contribution is 2.24. The summed E-state index contributed by atoms with van der Waals surface area (Å²) in [5, 5.41) is 15.9. The second kappa shape index (κ2) is 8.09. The molecule has 0 fully saturated rings. The summed E-state index contributed by atoms with van der Waals surface area (Å²) >= 11 is 1.36. The summed E-state index contributed by atoms with van der Waals surface area (Å²) in [5.74, 6) is 0.912. The summed E-state index contributed by atoms with van der Waals surface area (Å²) in [7, 11) is 0. The molecule has 3 rings (SSSR count). The molecule has 1 amide bonds. The lowest BCUT2D eigenvalue weighted by Gasteiger charge is -2.09. The van der Waals surface area contributed by atoms with Crippen LogP contribution in [0.3, 0.4) is 0 Å². The molecule has 8 heteroatoms. The van der Waals surface area contributed by atoms with Crippen LogP contribution in [0.5, 0.6) is 5.75 Å². The minimum atomic E-state index is -0.376. The standard InChI is InChI=1S/C18H20N4O3S/c1-4-5-16-20-21-18(26-16)19-17(23)14-10-15(25-22-14)12-6-8-13(9-7-12)24-11(2)3/h6-11H,4-5H2,1-3H3,(H,19,21,23). The highest BCUT2D eigenvalue weighted by molar-refractivity contribution is 7.15. The Morgan fingerprint density at radius 2 is 2.04 bits per heavy atom. The molecule has 0 radical (unpaired) electrons. The molecule has 0 spiro atoms. The molecule has 0 unspecified atom stereocenters. The Hall–Kier alpha value is -2.74. The molecule has 2 heterocycles. The number of anilines is 1. The van der Waals surface area contributed by atoms with E-state index < -0.39 is 0 Å². The Kier molecular flexibility index (Phi) is 5.62. The van der Waals surface area contributed by atoms with E-state index in [9.17, 15) is 4.79 Å². The highest BCUT2D eigenvalue weighted by Gasteiger charge is 2.16. The second-order valence-corrected chi connectivity index (χ2v) is 7.03. The van der Waals surface area contributed by atoms with Crippen LogP contribution in [0.2, 0.25) is 0 Å². The van der Waals surface area contributed by atoms with Gasteiger partial charge >= 0.3 is 0 Å². The molecular weight excluding hydrogens is 352 g/mol. The zero-order valence-electron chi connectivity index (χ0n) is 14.9. The Bertz CT molecular complexity index is 871. The lowest BCUT2D eigenvalue weighted by Crippen LogP contribution is -2.11. The molecule has 0 atom stereocenters. The lowest BCUT2D eigenvalue weighted by molar-refractivity contribution is 0.101. The minimum absolute atomic E-state index is 0.111. The largest absolute Gasteiger partial charge is 0.491 e. The van der Waals surface area contributed by atoms with Gasteiger partial charge in [-0.2, -0.15) is 0 Å². The van der Waals surface area contributed by atoms with E-state index in [2.05, 4.69) is 27.6 Å². The molecule has 2 aromatic heterocycles. The number of carbonyl (C=O) groups is 1. The molecule has 26 heavy (non-hydrogen) atoms. The van der Waals surface area contributed by atoms with E-state index in [1.54, 1.807) is 6.07 Å². The molecular formula is C18H20N4O3S. The summed E-state index contributed by atoms with van der Waals surface area (Å²) in [4.78, 5) is 12.3. The monoisotopic (exact) mass is 372 g/mol. The van der Waals surface area contributed by atoms with Gasteiger partial charge in [-0.3, -0.25) is 10.1 Å². The van der Waals surface area contributed by atoms with Crippen molar-refractivity contribution >= 4 is 22.4 Å². The van der Waals surface area contributed by atoms with Crippen LogP contribution in [0.1, 0.15) is 42.7 Å². The van der Waals surface area contributed by atoms with Crippen LogP contribution in [0.25, 0.3) is 11.3 Å². The first-order valence-corrected chi connectivity index (χ1v) is 9.24. The van der Waals surface area contributed by atoms with Crippen molar-refractivity contribution < 1.29 is 14.1 Å². The molecule has 0 saturated carbocycles. The third-order valence-corrected chi connectivity index (χ3v) is 4.30. The molecule has 136 valence electrons. The molecule has 0 bridgehead atoms. The Morgan fingerprint density at radius 3 is 2.73 bits per heavy atom. The molecule has 0 saturated heterocycles. The Labute approximate surface area is 155 Å². The number of amides is 1. The number of nitrogens with one attached hydrogen (secondary N) is 1. The van der Waals surface area contributed by atoms with Crippen molar-refractivity contribution in [1.82, 2.24) is 15.4 Å². The van der Waals surface area contributed by atoms with Crippen molar-refractivity contribution in [3.8, 4) is 17.1 Å². The van der Waals surface area contributed by atoms with Gasteiger partial charge in [0.05, 0.1) is 6.10 Å². The normalized spacial score (nSPS) is 10.9. The van der Waals surface area contributed by atoms with Gasteiger partial charge in [-0.1, -0.05) is 23.4 Å². The lowest BCUT2D eigenvalue weighted by atomic mass is 10.1. The van der Waals surface area contributed by atoms with Crippen molar-refractivity contribution in [2.75, 3.05) is 5.32 Å². The minimum Gasteiger partial charge on any atom is -0.491 e. The van der Waals surface area contributed by atoms with E-state index in [1.165, 1.54) is 11.3 Å². The van der Waals surface area contributed by atoms with Crippen LogP contribution in [0.4, 0.5) is 5.13 Å². The van der Waals surface area contributed by atoms with E-state index in [0.717, 1.165) is 29.2 Å². The van der Waals surface area contributed by atoms with Gasteiger partial charge in [-0.25, -0.2) is 0 Å². The van der Waals surface area contributed by atoms with Crippen molar-refractivity contribution in [2.24, 2.45) is 0 Å². The summed E-state index contributed by atoms with van der Waals surface area (Å²) < 4.78 is 10.9. The van der Waals surface area contributed by atoms with Gasteiger partial charge in [-0.05, 0) is 44.5 Å². The van der Waals surface area contributed by atoms with E-state index in [0.29, 0.717) is 10.9 Å². The summed E-state index contributed by atoms with van der Waals surface area (Å²) in [6, 6.07) is 9.03. The number of hydrogen-bond acceptors (Lipinski definition) is 7. The van der Waals surface area contributed by atoms with Gasteiger partial charge in [0.1, 0.15) is 10.8 Å². The van der Waals surface area contributed by atoms with Crippen molar-refractivity contribution in [3.63, 3.8) is 0 Å². The third kappa shape index (κ3) is 4.45. The molecule has 7 nitrogen and oxygen atoms in total. The van der Waals surface area contributed by atoms with E-state index in [4.69, 9.17) is 9.26 Å². The first kappa shape index (κ1) is 18.1. The van der Waals surface area contributed by atoms with Gasteiger partial charge in [0.2, 0.25) is 5.13 Å². The molecule has 0 aliphatic heterocycles. The Balaban J connectivity index is 1.67. The molecule has 1 N–H and O–H groups in total. The zero-order valence-corrected chi connectivity index (χ0v) is 15.7. The molecule has 0 aliphatic carbocycles. The maximum absolute atomic E-state index is 12.3. The van der Waals surface area contributed by atoms with E-state index in [1.807, 2.05) is 38.1 Å². The van der Waals surface area contributed by atoms with Crippen LogP contribution >= 0.6 is 11.3 Å².